The van der Waals surface area contributed by atoms with E-state index in [0.717, 1.165) is 13.1 Å². The summed E-state index contributed by atoms with van der Waals surface area (Å²) in [4.78, 5) is 0. The summed E-state index contributed by atoms with van der Waals surface area (Å²) in [6.45, 7) is 4.30. The van der Waals surface area contributed by atoms with Crippen LogP contribution in [0.15, 0.2) is 0 Å². The van der Waals surface area contributed by atoms with Crippen molar-refractivity contribution in [1.29, 1.82) is 0 Å². The van der Waals surface area contributed by atoms with Crippen LogP contribution in [0.1, 0.15) is 6.92 Å². The Hall–Kier alpha value is 0.230. The van der Waals surface area contributed by atoms with Crippen molar-refractivity contribution in [2.75, 3.05) is 26.0 Å². The third-order valence-corrected chi connectivity index (χ3v) is 2.63. The highest BCUT2D eigenvalue weighted by Gasteiger charge is 2.22. The van der Waals surface area contributed by atoms with Gasteiger partial charge in [-0.15, -0.1) is 4.31 Å². The lowest BCUT2D eigenvalue weighted by molar-refractivity contribution is 0.0104. The zero-order valence-electron chi connectivity index (χ0n) is 6.37. The molecule has 1 aliphatic heterocycles. The van der Waals surface area contributed by atoms with Gasteiger partial charge in [0.05, 0.1) is 25.8 Å². The van der Waals surface area contributed by atoms with E-state index in [-0.39, 0.29) is 6.10 Å². The second kappa shape index (κ2) is 3.57. The molecule has 4 heteroatoms. The van der Waals surface area contributed by atoms with Gasteiger partial charge in [-0.3, -0.25) is 0 Å². The van der Waals surface area contributed by atoms with Crippen LogP contribution in [0.3, 0.4) is 0 Å². The van der Waals surface area contributed by atoms with Gasteiger partial charge in [0.1, 0.15) is 6.26 Å². The van der Waals surface area contributed by atoms with Gasteiger partial charge in [-0.1, -0.05) is 0 Å². The van der Waals surface area contributed by atoms with Crippen molar-refractivity contribution in [3.63, 3.8) is 0 Å². The van der Waals surface area contributed by atoms with Crippen molar-refractivity contribution in [3.8, 4) is 0 Å². The third-order valence-electron chi connectivity index (χ3n) is 1.57. The van der Waals surface area contributed by atoms with Gasteiger partial charge < -0.3 is 9.29 Å². The molecular formula is C6H13NO2S. The number of hydrogen-bond donors (Lipinski definition) is 0. The fourth-order valence-electron chi connectivity index (χ4n) is 1.02. The molecule has 0 aliphatic carbocycles. The van der Waals surface area contributed by atoms with Crippen LogP contribution in [0.4, 0.5) is 0 Å². The van der Waals surface area contributed by atoms with Crippen LogP contribution in [0.25, 0.3) is 0 Å². The van der Waals surface area contributed by atoms with Gasteiger partial charge in [0.25, 0.3) is 0 Å². The van der Waals surface area contributed by atoms with Crippen LogP contribution in [-0.2, 0) is 16.1 Å². The minimum absolute atomic E-state index is 0.234. The minimum Gasteiger partial charge on any atom is -0.598 e. The molecule has 0 aromatic rings. The molecule has 0 amide bonds. The Kier molecular flexibility index (Phi) is 2.97. The lowest BCUT2D eigenvalue weighted by Gasteiger charge is -2.29. The quantitative estimate of drug-likeness (QED) is 0.510. The number of nitrogens with zero attached hydrogens (tertiary/aromatic N) is 1. The maximum absolute atomic E-state index is 10.9. The van der Waals surface area contributed by atoms with Gasteiger partial charge in [-0.05, 0) is 6.92 Å². The van der Waals surface area contributed by atoms with Crippen LogP contribution in [0.2, 0.25) is 0 Å². The summed E-state index contributed by atoms with van der Waals surface area (Å²) in [6.07, 6.45) is 1.94. The van der Waals surface area contributed by atoms with Crippen molar-refractivity contribution in [2.24, 2.45) is 0 Å². The van der Waals surface area contributed by atoms with E-state index in [4.69, 9.17) is 4.74 Å². The Morgan fingerprint density at radius 2 is 2.40 bits per heavy atom. The summed E-state index contributed by atoms with van der Waals surface area (Å²) in [5.74, 6) is 0. The molecule has 0 spiro atoms. The lowest BCUT2D eigenvalue weighted by atomic mass is 10.3. The Balaban J connectivity index is 2.32. The molecule has 0 radical (unpaired) electrons. The standard InChI is InChI=1S/C6H13NO2S/c1-6-5-7(10(2)8)3-4-9-6/h6H,3-5H2,1-2H3/t6-,10?/m1/s1. The maximum Gasteiger partial charge on any atom is 0.115 e. The Bertz CT molecular complexity index is 110. The van der Waals surface area contributed by atoms with Gasteiger partial charge in [0, 0.05) is 11.4 Å². The molecule has 1 saturated heterocycles. The first-order chi connectivity index (χ1) is 4.70. The normalized spacial score (nSPS) is 32.1. The molecule has 1 aliphatic rings. The highest BCUT2D eigenvalue weighted by Crippen LogP contribution is 2.07. The SMILES string of the molecule is C[C@@H]1CN([S+](C)[O-])CCO1. The summed E-state index contributed by atoms with van der Waals surface area (Å²) < 4.78 is 18.1. The summed E-state index contributed by atoms with van der Waals surface area (Å²) in [5, 5.41) is 0. The van der Waals surface area contributed by atoms with Gasteiger partial charge in [0.2, 0.25) is 0 Å². The first-order valence-corrected chi connectivity index (χ1v) is 4.91. The number of rotatable bonds is 1. The molecule has 1 fully saturated rings. The van der Waals surface area contributed by atoms with Crippen molar-refractivity contribution in [3.05, 3.63) is 0 Å². The monoisotopic (exact) mass is 163 g/mol. The average molecular weight is 163 g/mol. The second-order valence-corrected chi connectivity index (χ2v) is 3.86. The van der Waals surface area contributed by atoms with E-state index < -0.39 is 11.4 Å². The Morgan fingerprint density at radius 1 is 1.70 bits per heavy atom. The Morgan fingerprint density at radius 3 is 2.80 bits per heavy atom. The van der Waals surface area contributed by atoms with Gasteiger partial charge >= 0.3 is 0 Å². The number of hydrogen-bond acceptors (Lipinski definition) is 3. The molecule has 1 unspecified atom stereocenters. The van der Waals surface area contributed by atoms with Crippen molar-refractivity contribution in [2.45, 2.75) is 13.0 Å². The molecule has 0 saturated carbocycles. The van der Waals surface area contributed by atoms with Crippen molar-refractivity contribution in [1.82, 2.24) is 4.31 Å². The van der Waals surface area contributed by atoms with E-state index >= 15 is 0 Å². The van der Waals surface area contributed by atoms with Crippen molar-refractivity contribution >= 4 is 11.4 Å². The topological polar surface area (TPSA) is 35.5 Å². The van der Waals surface area contributed by atoms with E-state index in [1.807, 2.05) is 11.2 Å². The predicted octanol–water partition coefficient (Wildman–Crippen LogP) is 0.000600. The molecule has 0 N–H and O–H groups in total. The molecule has 1 heterocycles. The molecule has 10 heavy (non-hydrogen) atoms. The van der Waals surface area contributed by atoms with Crippen molar-refractivity contribution < 1.29 is 9.29 Å². The lowest BCUT2D eigenvalue weighted by Crippen LogP contribution is -2.43. The molecule has 0 bridgehead atoms. The van der Waals surface area contributed by atoms with E-state index in [9.17, 15) is 4.55 Å². The first kappa shape index (κ1) is 8.33. The summed E-state index contributed by atoms with van der Waals surface area (Å²) in [5.41, 5.74) is 0. The zero-order chi connectivity index (χ0) is 7.56. The molecule has 0 aromatic carbocycles. The summed E-state index contributed by atoms with van der Waals surface area (Å²) >= 11 is -0.819. The Labute approximate surface area is 64.7 Å². The molecule has 60 valence electrons. The van der Waals surface area contributed by atoms with Gasteiger partial charge in [-0.25, -0.2) is 0 Å². The number of morpholine rings is 1. The van der Waals surface area contributed by atoms with Crippen LogP contribution in [0, 0.1) is 0 Å². The fourth-order valence-corrected chi connectivity index (χ4v) is 1.77. The summed E-state index contributed by atoms with van der Waals surface area (Å²) in [7, 11) is 0. The molecule has 0 aromatic heterocycles. The fraction of sp³-hybridized carbons (Fsp3) is 1.00. The van der Waals surface area contributed by atoms with Crippen LogP contribution in [-0.4, -0.2) is 40.9 Å². The van der Waals surface area contributed by atoms with Crippen LogP contribution < -0.4 is 0 Å². The highest BCUT2D eigenvalue weighted by molar-refractivity contribution is 7.88. The summed E-state index contributed by atoms with van der Waals surface area (Å²) in [6, 6.07) is 0. The van der Waals surface area contributed by atoms with Crippen LogP contribution >= 0.6 is 0 Å². The highest BCUT2D eigenvalue weighted by atomic mass is 32.2. The van der Waals surface area contributed by atoms with Crippen LogP contribution in [0.5, 0.6) is 0 Å². The van der Waals surface area contributed by atoms with E-state index in [0.29, 0.717) is 6.61 Å². The third kappa shape index (κ3) is 2.12. The molecule has 1 rings (SSSR count). The predicted molar refractivity (Wildman–Crippen MR) is 41.1 cm³/mol. The van der Waals surface area contributed by atoms with Gasteiger partial charge in [0.15, 0.2) is 0 Å². The smallest absolute Gasteiger partial charge is 0.115 e. The largest absolute Gasteiger partial charge is 0.598 e. The van der Waals surface area contributed by atoms with Gasteiger partial charge in [-0.2, -0.15) is 0 Å². The van der Waals surface area contributed by atoms with E-state index in [1.165, 1.54) is 0 Å². The second-order valence-electron chi connectivity index (χ2n) is 2.49. The molecule has 3 nitrogen and oxygen atoms in total. The average Bonchev–Trinajstić information content (AvgIpc) is 1.88. The first-order valence-electron chi connectivity index (χ1n) is 3.40. The maximum atomic E-state index is 10.9. The van der Waals surface area contributed by atoms with E-state index in [2.05, 4.69) is 0 Å². The number of ether oxygens (including phenoxy) is 1. The zero-order valence-corrected chi connectivity index (χ0v) is 7.19. The molecular weight excluding hydrogens is 150 g/mol. The van der Waals surface area contributed by atoms with E-state index in [1.54, 1.807) is 6.26 Å². The minimum atomic E-state index is -0.819. The molecule has 2 atom stereocenters.